The monoisotopic (exact) mass is 982 g/mol. The first-order chi connectivity index (χ1) is 24.7. The zero-order chi connectivity index (χ0) is 47.0. The summed E-state index contributed by atoms with van der Waals surface area (Å²) in [6, 6.07) is -1.11. The summed E-state index contributed by atoms with van der Waals surface area (Å²) in [5, 5.41) is 0. The number of Topliss-reactive ketones (excluding diaryl/α,β-unsaturated/α-hetero) is 2. The summed E-state index contributed by atoms with van der Waals surface area (Å²) in [5.74, 6) is -40.3. The number of rotatable bonds is 14. The lowest BCUT2D eigenvalue weighted by Gasteiger charge is -2.47. The summed E-state index contributed by atoms with van der Waals surface area (Å²) in [4.78, 5) is 24.8. The Hall–Kier alpha value is -1.68. The van der Waals surface area contributed by atoms with Crippen molar-refractivity contribution in [2.75, 3.05) is 0 Å². The van der Waals surface area contributed by atoms with Gasteiger partial charge in [0, 0.05) is 6.42 Å². The lowest BCUT2D eigenvalue weighted by molar-refractivity contribution is -0.577. The largest absolute Gasteiger partial charge is 0.462 e. The van der Waals surface area contributed by atoms with Gasteiger partial charge in [-0.3, -0.25) is 23.8 Å². The summed E-state index contributed by atoms with van der Waals surface area (Å²) >= 11 is 0. The van der Waals surface area contributed by atoms with E-state index in [2.05, 4.69) is 0 Å². The molecule has 0 radical (unpaired) electrons. The van der Waals surface area contributed by atoms with Crippen molar-refractivity contribution in [1.82, 2.24) is 0 Å². The van der Waals surface area contributed by atoms with Crippen LogP contribution in [0.15, 0.2) is 0 Å². The van der Waals surface area contributed by atoms with Crippen molar-refractivity contribution >= 4 is 45.8 Å². The van der Waals surface area contributed by atoms with E-state index in [0.29, 0.717) is 0 Å². The second-order valence-corrected chi connectivity index (χ2v) is 27.6. The van der Waals surface area contributed by atoms with E-state index < -0.39 is 125 Å². The van der Waals surface area contributed by atoms with Gasteiger partial charge in [0.05, 0.1) is 0 Å². The third-order valence-electron chi connectivity index (χ3n) is 6.63. The van der Waals surface area contributed by atoms with Crippen molar-refractivity contribution in [2.24, 2.45) is 0 Å². The van der Waals surface area contributed by atoms with Crippen molar-refractivity contribution in [2.45, 2.75) is 125 Å². The van der Waals surface area contributed by atoms with E-state index in [0.717, 1.165) is 11.3 Å². The Balaban J connectivity index is 3.79. The molecular formula is C22H25F23O9Si4. The molecule has 0 bridgehead atoms. The van der Waals surface area contributed by atoms with Crippen molar-refractivity contribution in [3.05, 3.63) is 0 Å². The van der Waals surface area contributed by atoms with E-state index in [9.17, 15) is 106 Å². The predicted octanol–water partition coefficient (Wildman–Crippen LogP) is 9.48. The molecule has 36 heteroatoms. The third kappa shape index (κ3) is 10.8. The van der Waals surface area contributed by atoms with Crippen LogP contribution in [0.2, 0.25) is 51.9 Å². The summed E-state index contributed by atoms with van der Waals surface area (Å²) in [6.45, 7) is 9.35. The first kappa shape index (κ1) is 54.3. The number of alkyl halides is 23. The van der Waals surface area contributed by atoms with E-state index in [1.165, 1.54) is 44.0 Å². The fraction of sp³-hybridized carbons (Fsp3) is 0.909. The second-order valence-electron chi connectivity index (χ2n) is 13.2. The highest BCUT2D eigenvalue weighted by Crippen LogP contribution is 2.59. The minimum absolute atomic E-state index is 1.03. The van der Waals surface area contributed by atoms with Gasteiger partial charge in [0.25, 0.3) is 5.78 Å². The molecule has 1 aliphatic heterocycles. The average Bonchev–Trinajstić information content (AvgIpc) is 2.89. The maximum atomic E-state index is 15.2. The molecule has 1 saturated heterocycles. The van der Waals surface area contributed by atoms with Crippen LogP contribution in [-0.4, -0.2) is 112 Å². The molecule has 344 valence electrons. The van der Waals surface area contributed by atoms with Gasteiger partial charge < -0.3 is 16.5 Å². The van der Waals surface area contributed by atoms with Crippen LogP contribution in [0, 0.1) is 0 Å². The number of halogens is 23. The molecule has 1 aliphatic rings. The second kappa shape index (κ2) is 15.3. The number of hydrogen-bond acceptors (Lipinski definition) is 9. The Morgan fingerprint density at radius 2 is 0.741 bits per heavy atom. The van der Waals surface area contributed by atoms with Gasteiger partial charge in [0.1, 0.15) is 0 Å². The van der Waals surface area contributed by atoms with Gasteiger partial charge in [-0.05, 0) is 51.9 Å². The molecule has 0 N–H and O–H groups in total. The van der Waals surface area contributed by atoms with Crippen LogP contribution >= 0.6 is 0 Å². The average molecular weight is 983 g/mol. The molecule has 1 heterocycles. The molecule has 0 aromatic carbocycles. The van der Waals surface area contributed by atoms with Gasteiger partial charge >= 0.3 is 101 Å². The predicted molar refractivity (Wildman–Crippen MR) is 147 cm³/mol. The lowest BCUT2D eigenvalue weighted by atomic mass is 10.1. The van der Waals surface area contributed by atoms with Crippen LogP contribution in [0.5, 0.6) is 0 Å². The Kier molecular flexibility index (Phi) is 14.3. The molecule has 0 amide bonds. The zero-order valence-electron chi connectivity index (χ0n) is 29.3. The standard InChI is InChI=1S/C22H25F23O9Si4/c1-55(2)51-56(3,4)53-58(7,54-57(5,6)52-55)9-8-10(46)11(47)12(23,16(28,29)30)48-21(42,43)14(26,18(34,35)36)50-22(44,45)15(27,19(37,38)39)49-20(40,41)13(24,25)17(31,32)33/h8-9H2,1-7H3. The first-order valence-corrected chi connectivity index (χ1v) is 25.5. The van der Waals surface area contributed by atoms with E-state index in [4.69, 9.17) is 16.5 Å². The smallest absolute Gasteiger partial charge is 0.416 e. The van der Waals surface area contributed by atoms with Crippen molar-refractivity contribution < 1.29 is 141 Å². The van der Waals surface area contributed by atoms with Crippen LogP contribution in [-0.2, 0) is 40.3 Å². The fourth-order valence-electron chi connectivity index (χ4n) is 4.73. The SMILES string of the molecule is C[Si]1(C)O[Si](C)(C)O[Si](C)(CCC(=O)C(=O)C(F)(OC(F)(F)C(F)(OC(F)(F)C(F)(OC(F)(F)C(F)(F)C(F)(F)F)C(F)(F)F)C(F)(F)F)C(F)(F)F)O[Si](C)(C)O1. The molecule has 0 saturated carbocycles. The van der Waals surface area contributed by atoms with Crippen molar-refractivity contribution in [3.8, 4) is 0 Å². The Morgan fingerprint density at radius 3 is 1.05 bits per heavy atom. The molecular weight excluding hydrogens is 958 g/mol. The number of hydrogen-bond donors (Lipinski definition) is 0. The highest BCUT2D eigenvalue weighted by atomic mass is 28.5. The van der Waals surface area contributed by atoms with E-state index >= 15 is 4.39 Å². The molecule has 0 aromatic rings. The third-order valence-corrected chi connectivity index (χ3v) is 23.0. The molecule has 0 spiro atoms. The number of ether oxygens (including phenoxy) is 3. The van der Waals surface area contributed by atoms with Crippen LogP contribution in [0.4, 0.5) is 101 Å². The summed E-state index contributed by atoms with van der Waals surface area (Å²) in [6.07, 6.45) is -60.2. The summed E-state index contributed by atoms with van der Waals surface area (Å²) < 4.78 is 341. The zero-order valence-corrected chi connectivity index (χ0v) is 33.3. The van der Waals surface area contributed by atoms with Gasteiger partial charge in [-0.15, -0.1) is 0 Å². The Bertz CT molecular complexity index is 1510. The molecule has 0 aromatic heterocycles. The minimum Gasteiger partial charge on any atom is -0.416 e. The minimum atomic E-state index is -8.85. The van der Waals surface area contributed by atoms with Gasteiger partial charge in [0.2, 0.25) is 5.78 Å². The van der Waals surface area contributed by atoms with Gasteiger partial charge in [0.15, 0.2) is 0 Å². The Labute approximate surface area is 312 Å². The fourth-order valence-corrected chi connectivity index (χ4v) is 26.2. The van der Waals surface area contributed by atoms with Crippen LogP contribution < -0.4 is 0 Å². The maximum Gasteiger partial charge on any atom is 0.462 e. The highest BCUT2D eigenvalue weighted by molar-refractivity contribution is 6.93. The maximum absolute atomic E-state index is 15.2. The highest BCUT2D eigenvalue weighted by Gasteiger charge is 2.88. The van der Waals surface area contributed by atoms with Gasteiger partial charge in [-0.25, -0.2) is 0 Å². The van der Waals surface area contributed by atoms with Gasteiger partial charge in [-0.1, -0.05) is 0 Å². The van der Waals surface area contributed by atoms with E-state index in [1.807, 2.05) is 4.74 Å². The van der Waals surface area contributed by atoms with E-state index in [-0.39, 0.29) is 0 Å². The number of carbonyl (C=O) groups excluding carboxylic acids is 2. The number of carbonyl (C=O) groups is 2. The Morgan fingerprint density at radius 1 is 0.431 bits per heavy atom. The molecule has 0 aliphatic carbocycles. The van der Waals surface area contributed by atoms with E-state index in [1.54, 1.807) is 0 Å². The van der Waals surface area contributed by atoms with Crippen molar-refractivity contribution in [3.63, 3.8) is 0 Å². The number of ketones is 2. The van der Waals surface area contributed by atoms with Crippen molar-refractivity contribution in [1.29, 1.82) is 0 Å². The lowest BCUT2D eigenvalue weighted by Crippen LogP contribution is -2.71. The van der Waals surface area contributed by atoms with Crippen LogP contribution in [0.3, 0.4) is 0 Å². The van der Waals surface area contributed by atoms with Crippen LogP contribution in [0.1, 0.15) is 6.42 Å². The quantitative estimate of drug-likeness (QED) is 0.0959. The summed E-state index contributed by atoms with van der Waals surface area (Å²) in [5.41, 5.74) is 0. The molecule has 58 heavy (non-hydrogen) atoms. The molecule has 1 fully saturated rings. The molecule has 3 atom stereocenters. The molecule has 1 rings (SSSR count). The van der Waals surface area contributed by atoms with Gasteiger partial charge in [-0.2, -0.15) is 101 Å². The summed E-state index contributed by atoms with van der Waals surface area (Å²) in [7, 11) is -14.1. The normalized spacial score (nSPS) is 23.1. The molecule has 9 nitrogen and oxygen atoms in total. The van der Waals surface area contributed by atoms with Crippen LogP contribution in [0.25, 0.3) is 0 Å². The molecule has 3 unspecified atom stereocenters. The first-order valence-electron chi connectivity index (χ1n) is 14.6. The topological polar surface area (TPSA) is 98.8 Å².